The van der Waals surface area contributed by atoms with E-state index in [0.29, 0.717) is 37.4 Å². The first-order valence-electron chi connectivity index (χ1n) is 10.1. The molecule has 1 unspecified atom stereocenters. The van der Waals surface area contributed by atoms with Crippen molar-refractivity contribution < 1.29 is 9.53 Å². The van der Waals surface area contributed by atoms with Gasteiger partial charge in [-0.15, -0.1) is 0 Å². The average molecular weight is 395 g/mol. The van der Waals surface area contributed by atoms with Crippen LogP contribution in [0.25, 0.3) is 0 Å². The van der Waals surface area contributed by atoms with Crippen molar-refractivity contribution in [2.75, 3.05) is 26.8 Å². The van der Waals surface area contributed by atoms with E-state index in [-0.39, 0.29) is 23.6 Å². The van der Waals surface area contributed by atoms with Gasteiger partial charge in [0.25, 0.3) is 5.91 Å². The number of hydrogen-bond acceptors (Lipinski definition) is 5. The molecule has 1 amide bonds. The largest absolute Gasteiger partial charge is 0.383 e. The molecular weight excluding hydrogens is 370 g/mol. The Morgan fingerprint density at radius 1 is 1.34 bits per heavy atom. The number of hydrogen-bond donors (Lipinski definition) is 0. The molecule has 2 fully saturated rings. The van der Waals surface area contributed by atoms with Gasteiger partial charge >= 0.3 is 5.69 Å². The van der Waals surface area contributed by atoms with Gasteiger partial charge < -0.3 is 9.64 Å². The van der Waals surface area contributed by atoms with E-state index in [1.807, 2.05) is 9.47 Å². The molecule has 1 atom stereocenters. The molecule has 1 saturated heterocycles. The minimum absolute atomic E-state index is 0.0314. The molecule has 1 aromatic carbocycles. The number of piperidine rings is 1. The first-order chi connectivity index (χ1) is 14.1. The third-order valence-corrected chi connectivity index (χ3v) is 5.63. The Morgan fingerprint density at radius 2 is 2.17 bits per heavy atom. The summed E-state index contributed by atoms with van der Waals surface area (Å²) in [6.45, 7) is 2.07. The fraction of sp³-hybridized carbons (Fsp3) is 0.524. The highest BCUT2D eigenvalue weighted by atomic mass is 16.5. The van der Waals surface area contributed by atoms with E-state index in [9.17, 15) is 9.59 Å². The molecule has 1 saturated carbocycles. The molecule has 1 aliphatic heterocycles. The van der Waals surface area contributed by atoms with Crippen LogP contribution in [0.1, 0.15) is 59.4 Å². The normalized spacial score (nSPS) is 19.2. The van der Waals surface area contributed by atoms with Gasteiger partial charge in [-0.3, -0.25) is 9.36 Å². The summed E-state index contributed by atoms with van der Waals surface area (Å²) in [6.07, 6.45) is 3.76. The Balaban J connectivity index is 1.58. The van der Waals surface area contributed by atoms with Gasteiger partial charge in [-0.05, 0) is 43.9 Å². The Kier molecular flexibility index (Phi) is 5.49. The average Bonchev–Trinajstić information content (AvgIpc) is 3.55. The van der Waals surface area contributed by atoms with Crippen LogP contribution >= 0.6 is 0 Å². The van der Waals surface area contributed by atoms with Crippen LogP contribution in [0.2, 0.25) is 0 Å². The van der Waals surface area contributed by atoms with Crippen LogP contribution in [0.5, 0.6) is 0 Å². The van der Waals surface area contributed by atoms with Gasteiger partial charge in [0.05, 0.1) is 24.8 Å². The SMILES string of the molecule is COCCn1nc(C2CCCN(C(=O)c3cccc(C#N)c3)C2)n(C2CC2)c1=O. The Morgan fingerprint density at radius 3 is 2.90 bits per heavy atom. The molecule has 0 N–H and O–H groups in total. The Hall–Kier alpha value is -2.92. The lowest BCUT2D eigenvalue weighted by Crippen LogP contribution is -2.40. The maximum absolute atomic E-state index is 13.0. The summed E-state index contributed by atoms with van der Waals surface area (Å²) in [4.78, 5) is 27.6. The number of rotatable bonds is 6. The zero-order valence-corrected chi connectivity index (χ0v) is 16.6. The van der Waals surface area contributed by atoms with Gasteiger partial charge in [-0.2, -0.15) is 10.4 Å². The lowest BCUT2D eigenvalue weighted by Gasteiger charge is -2.32. The highest BCUT2D eigenvalue weighted by Gasteiger charge is 2.35. The number of nitrogens with zero attached hydrogens (tertiary/aromatic N) is 5. The summed E-state index contributed by atoms with van der Waals surface area (Å²) in [7, 11) is 1.61. The van der Waals surface area contributed by atoms with Crippen molar-refractivity contribution in [1.29, 1.82) is 5.26 Å². The molecule has 2 aliphatic rings. The second kappa shape index (κ2) is 8.21. The van der Waals surface area contributed by atoms with Gasteiger partial charge in [-0.1, -0.05) is 6.07 Å². The molecule has 8 nitrogen and oxygen atoms in total. The lowest BCUT2D eigenvalue weighted by atomic mass is 9.96. The van der Waals surface area contributed by atoms with Crippen LogP contribution in [-0.4, -0.2) is 52.0 Å². The standard InChI is InChI=1S/C21H25N5O3/c1-29-11-10-25-21(28)26(18-7-8-18)19(23-25)17-6-3-9-24(14-17)20(27)16-5-2-4-15(12-16)13-22/h2,4-5,12,17-18H,3,6-11,14H2,1H3. The zero-order valence-electron chi connectivity index (χ0n) is 16.6. The molecule has 0 spiro atoms. The fourth-order valence-corrected chi connectivity index (χ4v) is 3.99. The van der Waals surface area contributed by atoms with Crippen LogP contribution < -0.4 is 5.69 Å². The van der Waals surface area contributed by atoms with Crippen molar-refractivity contribution in [3.05, 3.63) is 51.7 Å². The lowest BCUT2D eigenvalue weighted by molar-refractivity contribution is 0.0703. The van der Waals surface area contributed by atoms with Gasteiger partial charge in [-0.25, -0.2) is 9.48 Å². The molecule has 1 aromatic heterocycles. The first-order valence-corrected chi connectivity index (χ1v) is 10.1. The third-order valence-electron chi connectivity index (χ3n) is 5.63. The summed E-state index contributed by atoms with van der Waals surface area (Å²) in [5.41, 5.74) is 0.920. The summed E-state index contributed by atoms with van der Waals surface area (Å²) in [6, 6.07) is 9.11. The van der Waals surface area contributed by atoms with Crippen LogP contribution in [0.3, 0.4) is 0 Å². The Bertz CT molecular complexity index is 998. The number of nitriles is 1. The molecule has 0 bridgehead atoms. The molecular formula is C21H25N5O3. The smallest absolute Gasteiger partial charge is 0.346 e. The number of aromatic nitrogens is 3. The van der Waals surface area contributed by atoms with Gasteiger partial charge in [0.2, 0.25) is 0 Å². The molecule has 1 aliphatic carbocycles. The second-order valence-corrected chi connectivity index (χ2v) is 7.74. The van der Waals surface area contributed by atoms with Crippen molar-refractivity contribution in [1.82, 2.24) is 19.2 Å². The van der Waals surface area contributed by atoms with Gasteiger partial charge in [0, 0.05) is 37.7 Å². The number of carbonyl (C=O) groups excluding carboxylic acids is 1. The summed E-state index contributed by atoms with van der Waals surface area (Å²) in [5, 5.41) is 13.7. The molecule has 8 heteroatoms. The van der Waals surface area contributed by atoms with E-state index in [2.05, 4.69) is 11.2 Å². The molecule has 29 heavy (non-hydrogen) atoms. The highest BCUT2D eigenvalue weighted by molar-refractivity contribution is 5.94. The molecule has 0 radical (unpaired) electrons. The molecule has 2 aromatic rings. The maximum Gasteiger partial charge on any atom is 0.346 e. The van der Waals surface area contributed by atoms with Crippen molar-refractivity contribution in [2.24, 2.45) is 0 Å². The number of ether oxygens (including phenoxy) is 1. The van der Waals surface area contributed by atoms with Crippen LogP contribution in [0.15, 0.2) is 29.1 Å². The molecule has 2 heterocycles. The predicted molar refractivity (Wildman–Crippen MR) is 106 cm³/mol. The van der Waals surface area contributed by atoms with Crippen molar-refractivity contribution in [2.45, 2.75) is 44.2 Å². The van der Waals surface area contributed by atoms with E-state index < -0.39 is 0 Å². The summed E-state index contributed by atoms with van der Waals surface area (Å²) in [5.74, 6) is 0.742. The quantitative estimate of drug-likeness (QED) is 0.745. The molecule has 4 rings (SSSR count). The van der Waals surface area contributed by atoms with Crippen LogP contribution in [-0.2, 0) is 11.3 Å². The number of likely N-dealkylation sites (tertiary alicyclic amines) is 1. The predicted octanol–water partition coefficient (Wildman–Crippen LogP) is 1.92. The minimum atomic E-state index is -0.0790. The second-order valence-electron chi connectivity index (χ2n) is 7.74. The van der Waals surface area contributed by atoms with Crippen LogP contribution in [0.4, 0.5) is 0 Å². The molecule has 152 valence electrons. The number of carbonyl (C=O) groups is 1. The Labute approximate surface area is 169 Å². The summed E-state index contributed by atoms with van der Waals surface area (Å²) >= 11 is 0. The zero-order chi connectivity index (χ0) is 20.4. The topological polar surface area (TPSA) is 93.2 Å². The number of methoxy groups -OCH3 is 1. The number of benzene rings is 1. The van der Waals surface area contributed by atoms with Crippen molar-refractivity contribution >= 4 is 5.91 Å². The van der Waals surface area contributed by atoms with Gasteiger partial charge in [0.15, 0.2) is 0 Å². The minimum Gasteiger partial charge on any atom is -0.383 e. The van der Waals surface area contributed by atoms with Gasteiger partial charge in [0.1, 0.15) is 5.82 Å². The van der Waals surface area contributed by atoms with E-state index in [0.717, 1.165) is 31.5 Å². The van der Waals surface area contributed by atoms with E-state index in [1.54, 1.807) is 31.4 Å². The highest BCUT2D eigenvalue weighted by Crippen LogP contribution is 2.37. The van der Waals surface area contributed by atoms with Crippen molar-refractivity contribution in [3.63, 3.8) is 0 Å². The summed E-state index contributed by atoms with van der Waals surface area (Å²) < 4.78 is 8.44. The van der Waals surface area contributed by atoms with E-state index >= 15 is 0 Å². The monoisotopic (exact) mass is 395 g/mol. The maximum atomic E-state index is 13.0. The van der Waals surface area contributed by atoms with Crippen molar-refractivity contribution in [3.8, 4) is 6.07 Å². The number of amides is 1. The fourth-order valence-electron chi connectivity index (χ4n) is 3.99. The third kappa shape index (κ3) is 3.96. The van der Waals surface area contributed by atoms with E-state index in [1.165, 1.54) is 4.68 Å². The van der Waals surface area contributed by atoms with E-state index in [4.69, 9.17) is 10.00 Å². The van der Waals surface area contributed by atoms with Crippen LogP contribution in [0, 0.1) is 11.3 Å². The first kappa shape index (κ1) is 19.4.